The highest BCUT2D eigenvalue weighted by Gasteiger charge is 2.30. The summed E-state index contributed by atoms with van der Waals surface area (Å²) in [7, 11) is 1.88. The minimum atomic E-state index is -0.616. The van der Waals surface area contributed by atoms with E-state index in [4.69, 9.17) is 9.72 Å². The van der Waals surface area contributed by atoms with Crippen LogP contribution in [-0.4, -0.2) is 34.0 Å². The van der Waals surface area contributed by atoms with Gasteiger partial charge >= 0.3 is 0 Å². The summed E-state index contributed by atoms with van der Waals surface area (Å²) in [6, 6.07) is 4.57. The maximum Gasteiger partial charge on any atom is 0.114 e. The Hall–Kier alpha value is -1.97. The second-order valence-corrected chi connectivity index (χ2v) is 6.37. The van der Waals surface area contributed by atoms with Crippen molar-refractivity contribution in [3.05, 3.63) is 23.5 Å². The third-order valence-corrected chi connectivity index (χ3v) is 4.28. The summed E-state index contributed by atoms with van der Waals surface area (Å²) < 4.78 is 7.68. The molecule has 1 aliphatic rings. The summed E-state index contributed by atoms with van der Waals surface area (Å²) in [6.07, 6.45) is 1.64. The van der Waals surface area contributed by atoms with Gasteiger partial charge in [0.2, 0.25) is 0 Å². The van der Waals surface area contributed by atoms with Gasteiger partial charge in [-0.3, -0.25) is 4.68 Å². The van der Waals surface area contributed by atoms with E-state index in [-0.39, 0.29) is 12.1 Å². The van der Waals surface area contributed by atoms with Crippen molar-refractivity contribution in [2.45, 2.75) is 38.3 Å². The Balaban J connectivity index is 2.20. The number of hydrogen-bond acceptors (Lipinski definition) is 5. The van der Waals surface area contributed by atoms with E-state index in [0.29, 0.717) is 6.61 Å². The number of nitrogens with one attached hydrogen (secondary N) is 1. The summed E-state index contributed by atoms with van der Waals surface area (Å²) in [5.41, 5.74) is 2.90. The van der Waals surface area contributed by atoms with Crippen molar-refractivity contribution in [1.82, 2.24) is 20.1 Å². The first-order valence-corrected chi connectivity index (χ1v) is 7.53. The van der Waals surface area contributed by atoms with Crippen LogP contribution in [0.1, 0.15) is 38.1 Å². The Morgan fingerprint density at radius 3 is 2.95 bits per heavy atom. The molecule has 116 valence electrons. The molecule has 1 fully saturated rings. The molecule has 0 bridgehead atoms. The molecule has 2 aromatic rings. The van der Waals surface area contributed by atoms with E-state index in [9.17, 15) is 5.26 Å². The smallest absolute Gasteiger partial charge is 0.114 e. The first-order valence-electron chi connectivity index (χ1n) is 7.53. The number of pyridine rings is 1. The number of aryl methyl sites for hydroxylation is 1. The lowest BCUT2D eigenvalue weighted by molar-refractivity contribution is -0.00269. The standard InChI is InChI=1S/C16H21N5O/c1-10-15(22-6-5-18-10)12-7-11(16(2,3)9-17)14-13(20-12)8-19-21(14)4/h7-8,10,15,18H,5-6H2,1-4H3. The Bertz CT molecular complexity index is 743. The Labute approximate surface area is 130 Å². The molecule has 0 saturated carbocycles. The van der Waals surface area contributed by atoms with E-state index < -0.39 is 5.41 Å². The summed E-state index contributed by atoms with van der Waals surface area (Å²) in [5.74, 6) is 0. The molecule has 1 N–H and O–H groups in total. The normalized spacial score (nSPS) is 22.7. The van der Waals surface area contributed by atoms with Gasteiger partial charge in [-0.05, 0) is 26.8 Å². The maximum atomic E-state index is 9.54. The van der Waals surface area contributed by atoms with Gasteiger partial charge in [-0.2, -0.15) is 10.4 Å². The number of morpholine rings is 1. The van der Waals surface area contributed by atoms with Gasteiger partial charge in [0, 0.05) is 25.2 Å². The van der Waals surface area contributed by atoms with Crippen molar-refractivity contribution in [3.63, 3.8) is 0 Å². The van der Waals surface area contributed by atoms with Crippen molar-refractivity contribution in [2.24, 2.45) is 7.05 Å². The number of rotatable bonds is 2. The molecule has 0 spiro atoms. The molecular formula is C16H21N5O. The lowest BCUT2D eigenvalue weighted by atomic mass is 9.85. The van der Waals surface area contributed by atoms with Crippen molar-refractivity contribution in [3.8, 4) is 6.07 Å². The second-order valence-electron chi connectivity index (χ2n) is 6.37. The zero-order valence-electron chi connectivity index (χ0n) is 13.4. The fraction of sp³-hybridized carbons (Fsp3) is 0.562. The molecule has 0 amide bonds. The predicted octanol–water partition coefficient (Wildman–Crippen LogP) is 1.82. The highest BCUT2D eigenvalue weighted by Crippen LogP contribution is 2.33. The largest absolute Gasteiger partial charge is 0.369 e. The molecule has 2 unspecified atom stereocenters. The van der Waals surface area contributed by atoms with Crippen molar-refractivity contribution >= 4 is 11.0 Å². The third-order valence-electron chi connectivity index (χ3n) is 4.28. The zero-order chi connectivity index (χ0) is 15.9. The van der Waals surface area contributed by atoms with Crippen LogP contribution in [0.4, 0.5) is 0 Å². The molecule has 6 heteroatoms. The van der Waals surface area contributed by atoms with Gasteiger partial charge in [0.1, 0.15) is 11.6 Å². The van der Waals surface area contributed by atoms with Gasteiger partial charge in [0.15, 0.2) is 0 Å². The third kappa shape index (κ3) is 2.36. The molecule has 1 saturated heterocycles. The number of nitrogens with zero attached hydrogens (tertiary/aromatic N) is 4. The van der Waals surface area contributed by atoms with E-state index >= 15 is 0 Å². The van der Waals surface area contributed by atoms with Crippen molar-refractivity contribution in [1.29, 1.82) is 5.26 Å². The number of aromatic nitrogens is 3. The lowest BCUT2D eigenvalue weighted by Crippen LogP contribution is -2.41. The van der Waals surface area contributed by atoms with Gasteiger partial charge in [0.05, 0.1) is 35.5 Å². The average molecular weight is 299 g/mol. The fourth-order valence-electron chi connectivity index (χ4n) is 2.96. The van der Waals surface area contributed by atoms with E-state index in [1.165, 1.54) is 0 Å². The van der Waals surface area contributed by atoms with Crippen LogP contribution in [0.3, 0.4) is 0 Å². The van der Waals surface area contributed by atoms with Gasteiger partial charge in [0.25, 0.3) is 0 Å². The van der Waals surface area contributed by atoms with E-state index in [1.807, 2.05) is 27.0 Å². The SMILES string of the molecule is CC1NCCOC1c1cc(C(C)(C)C#N)c2c(cnn2C)n1. The first kappa shape index (κ1) is 14.9. The summed E-state index contributed by atoms with van der Waals surface area (Å²) in [4.78, 5) is 4.72. The molecule has 3 rings (SSSR count). The molecule has 6 nitrogen and oxygen atoms in total. The minimum Gasteiger partial charge on any atom is -0.369 e. The van der Waals surface area contributed by atoms with E-state index in [2.05, 4.69) is 23.4 Å². The molecule has 2 aromatic heterocycles. The summed E-state index contributed by atoms with van der Waals surface area (Å²) in [5, 5.41) is 17.2. The Kier molecular flexibility index (Phi) is 3.63. The summed E-state index contributed by atoms with van der Waals surface area (Å²) in [6.45, 7) is 7.44. The number of ether oxygens (including phenoxy) is 1. The molecule has 0 radical (unpaired) electrons. The Morgan fingerprint density at radius 2 is 2.27 bits per heavy atom. The fourth-order valence-corrected chi connectivity index (χ4v) is 2.96. The van der Waals surface area contributed by atoms with Crippen molar-refractivity contribution in [2.75, 3.05) is 13.2 Å². The number of fused-ring (bicyclic) bond motifs is 1. The zero-order valence-corrected chi connectivity index (χ0v) is 13.4. The van der Waals surface area contributed by atoms with Crippen LogP contribution in [0.2, 0.25) is 0 Å². The molecule has 3 heterocycles. The van der Waals surface area contributed by atoms with Crippen LogP contribution in [0.5, 0.6) is 0 Å². The van der Waals surface area contributed by atoms with Gasteiger partial charge in [-0.1, -0.05) is 0 Å². The Morgan fingerprint density at radius 1 is 1.50 bits per heavy atom. The van der Waals surface area contributed by atoms with Crippen LogP contribution in [0, 0.1) is 11.3 Å². The highest BCUT2D eigenvalue weighted by molar-refractivity contribution is 5.80. The number of nitriles is 1. The predicted molar refractivity (Wildman–Crippen MR) is 83.3 cm³/mol. The molecule has 1 aliphatic heterocycles. The molecule has 22 heavy (non-hydrogen) atoms. The highest BCUT2D eigenvalue weighted by atomic mass is 16.5. The minimum absolute atomic E-state index is 0.105. The molecular weight excluding hydrogens is 278 g/mol. The van der Waals surface area contributed by atoms with Crippen molar-refractivity contribution < 1.29 is 4.74 Å². The first-order chi connectivity index (χ1) is 10.4. The monoisotopic (exact) mass is 299 g/mol. The van der Waals surface area contributed by atoms with Crippen LogP contribution in [0.15, 0.2) is 12.3 Å². The quantitative estimate of drug-likeness (QED) is 0.915. The second kappa shape index (κ2) is 5.34. The van der Waals surface area contributed by atoms with Crippen LogP contribution in [-0.2, 0) is 17.2 Å². The molecule has 0 aromatic carbocycles. The average Bonchev–Trinajstić information content (AvgIpc) is 2.88. The van der Waals surface area contributed by atoms with Gasteiger partial charge in [-0.15, -0.1) is 0 Å². The van der Waals surface area contributed by atoms with Gasteiger partial charge < -0.3 is 10.1 Å². The maximum absolute atomic E-state index is 9.54. The van der Waals surface area contributed by atoms with Crippen LogP contribution in [0.25, 0.3) is 11.0 Å². The number of hydrogen-bond donors (Lipinski definition) is 1. The van der Waals surface area contributed by atoms with E-state index in [0.717, 1.165) is 28.8 Å². The molecule has 0 aliphatic carbocycles. The lowest BCUT2D eigenvalue weighted by Gasteiger charge is -2.30. The summed E-state index contributed by atoms with van der Waals surface area (Å²) >= 11 is 0. The topological polar surface area (TPSA) is 75.8 Å². The van der Waals surface area contributed by atoms with Crippen LogP contribution < -0.4 is 5.32 Å². The van der Waals surface area contributed by atoms with E-state index in [1.54, 1.807) is 10.9 Å². The van der Waals surface area contributed by atoms with Crippen LogP contribution >= 0.6 is 0 Å². The van der Waals surface area contributed by atoms with Gasteiger partial charge in [-0.25, -0.2) is 4.98 Å². The molecule has 2 atom stereocenters.